The first-order chi connectivity index (χ1) is 3.55. The molecule has 3 N–H and O–H groups in total. The highest BCUT2D eigenvalue weighted by Gasteiger charge is 2.14. The molecule has 0 aromatic rings. The lowest BCUT2D eigenvalue weighted by atomic mass is 10.1. The number of aliphatic carboxylic acids is 1. The van der Waals surface area contributed by atoms with Gasteiger partial charge in [0.05, 0.1) is 0 Å². The van der Waals surface area contributed by atoms with E-state index in [0.717, 1.165) is 0 Å². The highest BCUT2D eigenvalue weighted by atomic mass is 35.5. The van der Waals surface area contributed by atoms with E-state index in [1.54, 1.807) is 13.8 Å². The number of rotatable bonds is 2. The van der Waals surface area contributed by atoms with Gasteiger partial charge in [-0.2, -0.15) is 0 Å². The van der Waals surface area contributed by atoms with Crippen molar-refractivity contribution in [2.45, 2.75) is 19.9 Å². The lowest BCUT2D eigenvalue weighted by molar-refractivity contribution is -0.139. The van der Waals surface area contributed by atoms with Crippen LogP contribution in [0.3, 0.4) is 0 Å². The predicted octanol–water partition coefficient (Wildman–Crippen LogP) is 0.898. The minimum Gasteiger partial charge on any atom is -0.480 e. The maximum atomic E-state index is 10.0. The molecule has 0 radical (unpaired) electrons. The van der Waals surface area contributed by atoms with E-state index < -0.39 is 12.0 Å². The van der Waals surface area contributed by atoms with Crippen molar-refractivity contribution in [3.8, 4) is 0 Å². The maximum Gasteiger partial charge on any atom is 0.320 e. The van der Waals surface area contributed by atoms with Crippen LogP contribution in [-0.2, 0) is 4.79 Å². The summed E-state index contributed by atoms with van der Waals surface area (Å²) in [4.78, 5) is 10.0. The molecule has 0 aliphatic heterocycles. The van der Waals surface area contributed by atoms with E-state index in [0.29, 0.717) is 0 Å². The van der Waals surface area contributed by atoms with Crippen molar-refractivity contribution < 1.29 is 9.90 Å². The number of carboxylic acid groups (broad SMARTS) is 1. The normalized spacial score (nSPS) is 11.2. The van der Waals surface area contributed by atoms with Crippen molar-refractivity contribution >= 4 is 30.8 Å². The standard InChI is InChI=1S/C5H11NO2.2ClH/c1-3(2)4(6)5(7)8;;/h3-4H,6H2,1-2H3,(H,7,8);2*1H/t4-;;/m0../s1. The molecular formula is C5H13Cl2NO2. The molecule has 64 valence electrons. The van der Waals surface area contributed by atoms with Crippen LogP contribution in [0.2, 0.25) is 0 Å². The zero-order valence-corrected chi connectivity index (χ0v) is 7.54. The molecule has 3 nitrogen and oxygen atoms in total. The number of carbonyl (C=O) groups is 1. The predicted molar refractivity (Wildman–Crippen MR) is 44.9 cm³/mol. The third-order valence-electron chi connectivity index (χ3n) is 1.00. The summed E-state index contributed by atoms with van der Waals surface area (Å²) in [7, 11) is 0. The quantitative estimate of drug-likeness (QED) is 0.679. The Morgan fingerprint density at radius 3 is 1.70 bits per heavy atom. The molecule has 0 spiro atoms. The molecule has 0 saturated heterocycles. The van der Waals surface area contributed by atoms with Crippen LogP contribution in [0, 0.1) is 5.92 Å². The van der Waals surface area contributed by atoms with Crippen LogP contribution >= 0.6 is 24.8 Å². The molecule has 0 aliphatic rings. The highest BCUT2D eigenvalue weighted by Crippen LogP contribution is 1.96. The SMILES string of the molecule is CC(C)[C@H](N)C(=O)O.Cl.Cl. The topological polar surface area (TPSA) is 63.3 Å². The first-order valence-corrected chi connectivity index (χ1v) is 2.54. The molecule has 10 heavy (non-hydrogen) atoms. The second-order valence-corrected chi connectivity index (χ2v) is 2.11. The van der Waals surface area contributed by atoms with E-state index in [2.05, 4.69) is 0 Å². The van der Waals surface area contributed by atoms with Gasteiger partial charge in [0.25, 0.3) is 0 Å². The number of nitrogens with two attached hydrogens (primary N) is 1. The van der Waals surface area contributed by atoms with Crippen LogP contribution < -0.4 is 5.73 Å². The molecule has 0 aromatic heterocycles. The molecule has 1 atom stereocenters. The van der Waals surface area contributed by atoms with E-state index >= 15 is 0 Å². The minimum absolute atomic E-state index is 0. The van der Waals surface area contributed by atoms with Crippen LogP contribution in [0.4, 0.5) is 0 Å². The largest absolute Gasteiger partial charge is 0.480 e. The van der Waals surface area contributed by atoms with Gasteiger partial charge in [0.2, 0.25) is 0 Å². The van der Waals surface area contributed by atoms with Crippen molar-refractivity contribution in [1.29, 1.82) is 0 Å². The molecule has 0 aromatic carbocycles. The molecule has 0 heterocycles. The van der Waals surface area contributed by atoms with Gasteiger partial charge in [0, 0.05) is 0 Å². The molecule has 0 fully saturated rings. The molecule has 0 unspecified atom stereocenters. The van der Waals surface area contributed by atoms with Gasteiger partial charge >= 0.3 is 5.97 Å². The summed E-state index contributed by atoms with van der Waals surface area (Å²) >= 11 is 0. The zero-order chi connectivity index (χ0) is 6.73. The van der Waals surface area contributed by atoms with E-state index in [1.165, 1.54) is 0 Å². The summed E-state index contributed by atoms with van der Waals surface area (Å²) < 4.78 is 0. The molecule has 0 aliphatic carbocycles. The fraction of sp³-hybridized carbons (Fsp3) is 0.800. The van der Waals surface area contributed by atoms with Crippen molar-refractivity contribution in [3.63, 3.8) is 0 Å². The van der Waals surface area contributed by atoms with Gasteiger partial charge in [0.15, 0.2) is 0 Å². The lowest BCUT2D eigenvalue weighted by Crippen LogP contribution is -2.34. The summed E-state index contributed by atoms with van der Waals surface area (Å²) in [6.07, 6.45) is 0. The maximum absolute atomic E-state index is 10.0. The summed E-state index contributed by atoms with van der Waals surface area (Å²) in [6, 6.07) is -0.713. The Balaban J connectivity index is -0.000000245. The Morgan fingerprint density at radius 2 is 1.70 bits per heavy atom. The Kier molecular flexibility index (Phi) is 11.8. The van der Waals surface area contributed by atoms with Gasteiger partial charge in [-0.05, 0) is 5.92 Å². The zero-order valence-electron chi connectivity index (χ0n) is 5.90. The molecule has 5 heteroatoms. The number of hydrogen-bond donors (Lipinski definition) is 2. The van der Waals surface area contributed by atoms with Crippen molar-refractivity contribution in [2.75, 3.05) is 0 Å². The van der Waals surface area contributed by atoms with E-state index in [1.807, 2.05) is 0 Å². The van der Waals surface area contributed by atoms with Gasteiger partial charge < -0.3 is 10.8 Å². The summed E-state index contributed by atoms with van der Waals surface area (Å²) in [6.45, 7) is 3.55. The van der Waals surface area contributed by atoms with Crippen molar-refractivity contribution in [1.82, 2.24) is 0 Å². The average molecular weight is 190 g/mol. The summed E-state index contributed by atoms with van der Waals surface area (Å²) in [5.74, 6) is -0.910. The third kappa shape index (κ3) is 6.13. The van der Waals surface area contributed by atoms with Gasteiger partial charge in [0.1, 0.15) is 6.04 Å². The van der Waals surface area contributed by atoms with Gasteiger partial charge in [-0.1, -0.05) is 13.8 Å². The lowest BCUT2D eigenvalue weighted by Gasteiger charge is -2.07. The second kappa shape index (κ2) is 7.12. The van der Waals surface area contributed by atoms with Crippen LogP contribution in [0.5, 0.6) is 0 Å². The monoisotopic (exact) mass is 189 g/mol. The summed E-state index contributed by atoms with van der Waals surface area (Å²) in [5.41, 5.74) is 5.16. The molecule has 0 amide bonds. The number of halogens is 2. The first kappa shape index (κ1) is 16.5. The Bertz CT molecular complexity index is 97.6. The van der Waals surface area contributed by atoms with Gasteiger partial charge in [-0.3, -0.25) is 4.79 Å². The fourth-order valence-corrected chi connectivity index (χ4v) is 0.285. The van der Waals surface area contributed by atoms with Gasteiger partial charge in [-0.15, -0.1) is 24.8 Å². The summed E-state index contributed by atoms with van der Waals surface area (Å²) in [5, 5.41) is 8.23. The van der Waals surface area contributed by atoms with Crippen LogP contribution in [0.25, 0.3) is 0 Å². The average Bonchev–Trinajstić information content (AvgIpc) is 1.64. The molecular weight excluding hydrogens is 177 g/mol. The smallest absolute Gasteiger partial charge is 0.320 e. The number of carboxylic acids is 1. The Morgan fingerprint density at radius 1 is 1.40 bits per heavy atom. The van der Waals surface area contributed by atoms with E-state index in [-0.39, 0.29) is 30.7 Å². The molecule has 0 bridgehead atoms. The number of hydrogen-bond acceptors (Lipinski definition) is 2. The van der Waals surface area contributed by atoms with Crippen LogP contribution in [-0.4, -0.2) is 17.1 Å². The van der Waals surface area contributed by atoms with Crippen molar-refractivity contribution in [2.24, 2.45) is 11.7 Å². The van der Waals surface area contributed by atoms with E-state index in [9.17, 15) is 4.79 Å². The Hall–Kier alpha value is 0.01000. The molecule has 0 saturated carbocycles. The molecule has 0 rings (SSSR count). The van der Waals surface area contributed by atoms with E-state index in [4.69, 9.17) is 10.8 Å². The first-order valence-electron chi connectivity index (χ1n) is 2.54. The van der Waals surface area contributed by atoms with Gasteiger partial charge in [-0.25, -0.2) is 0 Å². The minimum atomic E-state index is -0.931. The Labute approximate surface area is 72.8 Å². The van der Waals surface area contributed by atoms with Crippen LogP contribution in [0.15, 0.2) is 0 Å². The second-order valence-electron chi connectivity index (χ2n) is 2.11. The third-order valence-corrected chi connectivity index (χ3v) is 1.00. The highest BCUT2D eigenvalue weighted by molar-refractivity contribution is 5.85. The fourth-order valence-electron chi connectivity index (χ4n) is 0.285. The van der Waals surface area contributed by atoms with Crippen molar-refractivity contribution in [3.05, 3.63) is 0 Å². The van der Waals surface area contributed by atoms with Crippen LogP contribution in [0.1, 0.15) is 13.8 Å².